The van der Waals surface area contributed by atoms with Crippen LogP contribution in [0.15, 0.2) is 53.5 Å². The minimum atomic E-state index is -0.353. The van der Waals surface area contributed by atoms with Crippen molar-refractivity contribution in [3.05, 3.63) is 64.7 Å². The molecule has 28 heavy (non-hydrogen) atoms. The highest BCUT2D eigenvalue weighted by Crippen LogP contribution is 2.19. The van der Waals surface area contributed by atoms with Crippen molar-refractivity contribution in [3.63, 3.8) is 0 Å². The van der Waals surface area contributed by atoms with Gasteiger partial charge in [0.05, 0.1) is 23.2 Å². The lowest BCUT2D eigenvalue weighted by atomic mass is 10.1. The molecule has 0 saturated heterocycles. The molecule has 0 spiro atoms. The van der Waals surface area contributed by atoms with Gasteiger partial charge in [0.1, 0.15) is 5.82 Å². The molecule has 146 valence electrons. The summed E-state index contributed by atoms with van der Waals surface area (Å²) in [4.78, 5) is 28.8. The molecule has 0 N–H and O–H groups in total. The molecule has 0 fully saturated rings. The number of fused-ring (bicyclic) bond motifs is 1. The van der Waals surface area contributed by atoms with Gasteiger partial charge in [-0.3, -0.25) is 9.59 Å². The highest BCUT2D eigenvalue weighted by atomic mass is 32.1. The van der Waals surface area contributed by atoms with Crippen LogP contribution in [0, 0.1) is 5.82 Å². The Morgan fingerprint density at radius 1 is 1.14 bits per heavy atom. The highest BCUT2D eigenvalue weighted by Gasteiger charge is 2.11. The number of ether oxygens (including phenoxy) is 1. The van der Waals surface area contributed by atoms with Crippen molar-refractivity contribution in [1.82, 2.24) is 4.57 Å². The minimum absolute atomic E-state index is 0.155. The van der Waals surface area contributed by atoms with Crippen LogP contribution in [0.5, 0.6) is 0 Å². The van der Waals surface area contributed by atoms with Crippen molar-refractivity contribution in [2.75, 3.05) is 6.61 Å². The summed E-state index contributed by atoms with van der Waals surface area (Å²) < 4.78 is 21.0. The SMILES string of the molecule is CCOC(=O)CCn1c(=NC(=O)CCc2ccccc2)sc2cc(F)ccc21. The molecular weight excluding hydrogens is 379 g/mol. The fourth-order valence-corrected chi connectivity index (χ4v) is 3.94. The number of amides is 1. The highest BCUT2D eigenvalue weighted by molar-refractivity contribution is 7.16. The lowest BCUT2D eigenvalue weighted by molar-refractivity contribution is -0.143. The summed E-state index contributed by atoms with van der Waals surface area (Å²) >= 11 is 1.24. The van der Waals surface area contributed by atoms with E-state index in [1.54, 1.807) is 17.6 Å². The molecule has 7 heteroatoms. The van der Waals surface area contributed by atoms with Gasteiger partial charge in [-0.15, -0.1) is 0 Å². The van der Waals surface area contributed by atoms with Gasteiger partial charge in [0.15, 0.2) is 4.80 Å². The predicted octanol–water partition coefficient (Wildman–Crippen LogP) is 3.86. The van der Waals surface area contributed by atoms with E-state index in [2.05, 4.69) is 4.99 Å². The van der Waals surface area contributed by atoms with E-state index in [0.717, 1.165) is 11.1 Å². The Kier molecular flexibility index (Phi) is 6.71. The maximum atomic E-state index is 13.6. The van der Waals surface area contributed by atoms with Crippen molar-refractivity contribution < 1.29 is 18.7 Å². The molecule has 1 amide bonds. The summed E-state index contributed by atoms with van der Waals surface area (Å²) in [5.74, 6) is -0.924. The zero-order valence-electron chi connectivity index (χ0n) is 15.6. The number of aromatic nitrogens is 1. The van der Waals surface area contributed by atoms with Crippen LogP contribution < -0.4 is 4.80 Å². The molecule has 0 unspecified atom stereocenters. The number of benzene rings is 2. The zero-order valence-corrected chi connectivity index (χ0v) is 16.4. The second-order valence-corrected chi connectivity index (χ2v) is 7.20. The molecule has 1 heterocycles. The fourth-order valence-electron chi connectivity index (χ4n) is 2.84. The van der Waals surface area contributed by atoms with Crippen molar-refractivity contribution in [2.24, 2.45) is 4.99 Å². The molecule has 0 bridgehead atoms. The Bertz CT molecular complexity index is 1040. The van der Waals surface area contributed by atoms with Gasteiger partial charge in [0.25, 0.3) is 0 Å². The lowest BCUT2D eigenvalue weighted by Crippen LogP contribution is -2.19. The Balaban J connectivity index is 1.85. The molecule has 0 radical (unpaired) electrons. The van der Waals surface area contributed by atoms with E-state index < -0.39 is 0 Å². The molecule has 1 aromatic heterocycles. The summed E-state index contributed by atoms with van der Waals surface area (Å²) in [6.07, 6.45) is 1.04. The molecule has 0 aliphatic rings. The topological polar surface area (TPSA) is 60.7 Å². The monoisotopic (exact) mass is 400 g/mol. The molecule has 0 atom stereocenters. The maximum Gasteiger partial charge on any atom is 0.307 e. The third kappa shape index (κ3) is 5.13. The average Bonchev–Trinajstić information content (AvgIpc) is 3.01. The summed E-state index contributed by atoms with van der Waals surface area (Å²) in [6.45, 7) is 2.38. The van der Waals surface area contributed by atoms with Crippen LogP contribution in [-0.4, -0.2) is 23.1 Å². The van der Waals surface area contributed by atoms with E-state index in [1.807, 2.05) is 30.3 Å². The summed E-state index contributed by atoms with van der Waals surface area (Å²) in [5.41, 5.74) is 1.81. The van der Waals surface area contributed by atoms with Crippen molar-refractivity contribution >= 4 is 33.4 Å². The Labute approximate surface area is 166 Å². The summed E-state index contributed by atoms with van der Waals surface area (Å²) in [6, 6.07) is 14.1. The number of nitrogens with zero attached hydrogens (tertiary/aromatic N) is 2. The summed E-state index contributed by atoms with van der Waals surface area (Å²) in [5, 5.41) is 0. The number of hydrogen-bond donors (Lipinski definition) is 0. The van der Waals surface area contributed by atoms with Crippen LogP contribution in [0.2, 0.25) is 0 Å². The van der Waals surface area contributed by atoms with E-state index in [9.17, 15) is 14.0 Å². The Hall–Kier alpha value is -2.80. The molecule has 0 saturated carbocycles. The van der Waals surface area contributed by atoms with Crippen LogP contribution >= 0.6 is 11.3 Å². The maximum absolute atomic E-state index is 13.6. The standard InChI is InChI=1S/C21H21FN2O3S/c1-2-27-20(26)12-13-24-17-10-9-16(22)14-18(17)28-21(24)23-19(25)11-8-15-6-4-3-5-7-15/h3-7,9-10,14H,2,8,11-13H2,1H3. The molecule has 0 aliphatic carbocycles. The third-order valence-electron chi connectivity index (χ3n) is 4.18. The Morgan fingerprint density at radius 2 is 1.93 bits per heavy atom. The van der Waals surface area contributed by atoms with Gasteiger partial charge in [-0.25, -0.2) is 4.39 Å². The van der Waals surface area contributed by atoms with E-state index in [1.165, 1.54) is 23.5 Å². The number of rotatable bonds is 7. The first-order valence-corrected chi connectivity index (χ1v) is 9.94. The number of esters is 1. The van der Waals surface area contributed by atoms with Crippen molar-refractivity contribution in [1.29, 1.82) is 0 Å². The van der Waals surface area contributed by atoms with Crippen LogP contribution in [0.4, 0.5) is 4.39 Å². The Morgan fingerprint density at radius 3 is 2.68 bits per heavy atom. The second-order valence-electron chi connectivity index (χ2n) is 6.19. The molecule has 5 nitrogen and oxygen atoms in total. The first-order chi connectivity index (χ1) is 13.6. The number of thiazole rings is 1. The normalized spacial score (nSPS) is 11.7. The number of carbonyl (C=O) groups is 2. The predicted molar refractivity (Wildman–Crippen MR) is 106 cm³/mol. The molecular formula is C21H21FN2O3S. The van der Waals surface area contributed by atoms with Gasteiger partial charge in [-0.2, -0.15) is 4.99 Å². The second kappa shape index (κ2) is 9.41. The third-order valence-corrected chi connectivity index (χ3v) is 5.22. The largest absolute Gasteiger partial charge is 0.466 e. The van der Waals surface area contributed by atoms with Crippen LogP contribution in [0.3, 0.4) is 0 Å². The first-order valence-electron chi connectivity index (χ1n) is 9.13. The first kappa shape index (κ1) is 19.9. The minimum Gasteiger partial charge on any atom is -0.466 e. The van der Waals surface area contributed by atoms with E-state index in [-0.39, 0.29) is 30.5 Å². The average molecular weight is 400 g/mol. The smallest absolute Gasteiger partial charge is 0.307 e. The van der Waals surface area contributed by atoms with Crippen molar-refractivity contribution in [2.45, 2.75) is 32.7 Å². The van der Waals surface area contributed by atoms with Crippen molar-refractivity contribution in [3.8, 4) is 0 Å². The number of carbonyl (C=O) groups excluding carboxylic acids is 2. The van der Waals surface area contributed by atoms with Crippen LogP contribution in [0.1, 0.15) is 25.3 Å². The van der Waals surface area contributed by atoms with Gasteiger partial charge in [0.2, 0.25) is 5.91 Å². The quantitative estimate of drug-likeness (QED) is 0.566. The van der Waals surface area contributed by atoms with Crippen LogP contribution in [0.25, 0.3) is 10.2 Å². The molecule has 3 aromatic rings. The number of halogens is 1. The van der Waals surface area contributed by atoms with E-state index in [4.69, 9.17) is 4.74 Å². The van der Waals surface area contributed by atoms with Gasteiger partial charge in [-0.1, -0.05) is 41.7 Å². The number of hydrogen-bond acceptors (Lipinski definition) is 4. The molecule has 0 aliphatic heterocycles. The van der Waals surface area contributed by atoms with Gasteiger partial charge >= 0.3 is 5.97 Å². The molecule has 2 aromatic carbocycles. The summed E-state index contributed by atoms with van der Waals surface area (Å²) in [7, 11) is 0. The van der Waals surface area contributed by atoms with Gasteiger partial charge in [0, 0.05) is 13.0 Å². The fraction of sp³-hybridized carbons (Fsp3) is 0.286. The van der Waals surface area contributed by atoms with Gasteiger partial charge in [-0.05, 0) is 37.1 Å². The van der Waals surface area contributed by atoms with Crippen LogP contribution in [-0.2, 0) is 27.3 Å². The molecule has 3 rings (SSSR count). The van der Waals surface area contributed by atoms with E-state index in [0.29, 0.717) is 29.1 Å². The zero-order chi connectivity index (χ0) is 19.9. The van der Waals surface area contributed by atoms with Gasteiger partial charge < -0.3 is 9.30 Å². The lowest BCUT2D eigenvalue weighted by Gasteiger charge is -2.05. The number of aryl methyl sites for hydroxylation is 2. The van der Waals surface area contributed by atoms with E-state index >= 15 is 0 Å².